The highest BCUT2D eigenvalue weighted by atomic mass is 16.5. The first-order valence-corrected chi connectivity index (χ1v) is 10.5. The summed E-state index contributed by atoms with van der Waals surface area (Å²) < 4.78 is 7.24. The van der Waals surface area contributed by atoms with Crippen LogP contribution in [0.3, 0.4) is 0 Å². The average molecular weight is 442 g/mol. The van der Waals surface area contributed by atoms with E-state index in [1.54, 1.807) is 36.1 Å². The van der Waals surface area contributed by atoms with Crippen LogP contribution in [0.4, 0.5) is 17.2 Å². The zero-order valence-corrected chi connectivity index (χ0v) is 18.2. The number of hydrogen-bond donors (Lipinski definition) is 3. The highest BCUT2D eigenvalue weighted by molar-refractivity contribution is 6.12. The van der Waals surface area contributed by atoms with E-state index in [1.807, 2.05) is 25.1 Å². The average Bonchev–Trinajstić information content (AvgIpc) is 3.43. The molecule has 0 saturated heterocycles. The van der Waals surface area contributed by atoms with Crippen LogP contribution in [0.25, 0.3) is 10.9 Å². The van der Waals surface area contributed by atoms with Crippen LogP contribution < -0.4 is 21.1 Å². The Kier molecular flexibility index (Phi) is 4.93. The molecule has 0 fully saturated rings. The van der Waals surface area contributed by atoms with Gasteiger partial charge in [0.05, 0.1) is 29.6 Å². The third-order valence-corrected chi connectivity index (χ3v) is 5.75. The lowest BCUT2D eigenvalue weighted by Gasteiger charge is -2.17. The number of ether oxygens (including phenoxy) is 1. The third kappa shape index (κ3) is 3.63. The second kappa shape index (κ2) is 7.94. The minimum Gasteiger partial charge on any atom is -0.493 e. The Balaban J connectivity index is 1.64. The first-order chi connectivity index (χ1) is 15.9. The molecule has 4 N–H and O–H groups in total. The van der Waals surface area contributed by atoms with E-state index >= 15 is 0 Å². The van der Waals surface area contributed by atoms with Crippen molar-refractivity contribution in [3.63, 3.8) is 0 Å². The molecule has 2 amide bonds. The fourth-order valence-electron chi connectivity index (χ4n) is 4.09. The van der Waals surface area contributed by atoms with Crippen molar-refractivity contribution in [1.82, 2.24) is 14.8 Å². The van der Waals surface area contributed by atoms with Gasteiger partial charge < -0.3 is 21.1 Å². The molecule has 3 heterocycles. The lowest BCUT2D eigenvalue weighted by atomic mass is 10.0. The van der Waals surface area contributed by atoms with Gasteiger partial charge in [-0.25, -0.2) is 0 Å². The number of benzene rings is 2. The molecule has 9 heteroatoms. The second-order valence-electron chi connectivity index (χ2n) is 7.90. The Labute approximate surface area is 189 Å². The van der Waals surface area contributed by atoms with Crippen LogP contribution >= 0.6 is 0 Å². The molecule has 1 aliphatic rings. The predicted octanol–water partition coefficient (Wildman–Crippen LogP) is 3.31. The molecule has 0 aliphatic carbocycles. The second-order valence-corrected chi connectivity index (χ2v) is 7.90. The smallest absolute Gasteiger partial charge is 0.256 e. The lowest BCUT2D eigenvalue weighted by Crippen LogP contribution is -2.16. The molecular weight excluding hydrogens is 420 g/mol. The molecular formula is C24H22N6O3. The number of amides is 2. The van der Waals surface area contributed by atoms with Gasteiger partial charge in [0.2, 0.25) is 0 Å². The summed E-state index contributed by atoms with van der Waals surface area (Å²) in [7, 11) is 1.74. The van der Waals surface area contributed by atoms with E-state index in [1.165, 1.54) is 6.20 Å². The van der Waals surface area contributed by atoms with Crippen molar-refractivity contribution in [2.75, 3.05) is 17.2 Å². The number of pyridine rings is 1. The van der Waals surface area contributed by atoms with Crippen LogP contribution in [0.5, 0.6) is 5.75 Å². The molecule has 2 aromatic carbocycles. The summed E-state index contributed by atoms with van der Waals surface area (Å²) in [6.45, 7) is 2.48. The maximum Gasteiger partial charge on any atom is 0.256 e. The number of hydrogen-bond acceptors (Lipinski definition) is 6. The molecule has 166 valence electrons. The highest BCUT2D eigenvalue weighted by Crippen LogP contribution is 2.37. The Bertz CT molecular complexity index is 1430. The molecule has 2 aromatic heterocycles. The SMILES string of the molecule is Cc1cc(C(=O)Nc2ccnn2C)cc2c(Nc3cccc4c3CCO4)c(C(N)=O)cnc12. The zero-order chi connectivity index (χ0) is 23.1. The number of aromatic nitrogens is 3. The van der Waals surface area contributed by atoms with E-state index in [-0.39, 0.29) is 11.5 Å². The molecule has 1 aliphatic heterocycles. The Morgan fingerprint density at radius 2 is 2.06 bits per heavy atom. The van der Waals surface area contributed by atoms with Crippen molar-refractivity contribution in [1.29, 1.82) is 0 Å². The van der Waals surface area contributed by atoms with Crippen molar-refractivity contribution in [2.24, 2.45) is 12.8 Å². The molecule has 0 bridgehead atoms. The van der Waals surface area contributed by atoms with Crippen LogP contribution in [-0.4, -0.2) is 33.2 Å². The van der Waals surface area contributed by atoms with Crippen molar-refractivity contribution in [2.45, 2.75) is 13.3 Å². The quantitative estimate of drug-likeness (QED) is 0.436. The van der Waals surface area contributed by atoms with Gasteiger partial charge in [-0.2, -0.15) is 5.10 Å². The van der Waals surface area contributed by atoms with Crippen LogP contribution in [0.2, 0.25) is 0 Å². The van der Waals surface area contributed by atoms with Crippen molar-refractivity contribution < 1.29 is 14.3 Å². The molecule has 0 spiro atoms. The highest BCUT2D eigenvalue weighted by Gasteiger charge is 2.21. The number of carbonyl (C=O) groups excluding carboxylic acids is 2. The maximum absolute atomic E-state index is 13.0. The van der Waals surface area contributed by atoms with Gasteiger partial charge in [0.25, 0.3) is 11.8 Å². The number of carbonyl (C=O) groups is 2. The minimum atomic E-state index is -0.613. The van der Waals surface area contributed by atoms with Crippen LogP contribution in [0.1, 0.15) is 31.8 Å². The number of nitrogens with one attached hydrogen (secondary N) is 2. The maximum atomic E-state index is 13.0. The fourth-order valence-corrected chi connectivity index (χ4v) is 4.09. The summed E-state index contributed by atoms with van der Waals surface area (Å²) in [5, 5.41) is 10.9. The number of nitrogens with zero attached hydrogens (tertiary/aromatic N) is 3. The first kappa shape index (κ1) is 20.5. The Morgan fingerprint density at radius 1 is 1.21 bits per heavy atom. The van der Waals surface area contributed by atoms with Gasteiger partial charge in [-0.1, -0.05) is 6.07 Å². The summed E-state index contributed by atoms with van der Waals surface area (Å²) >= 11 is 0. The molecule has 0 radical (unpaired) electrons. The third-order valence-electron chi connectivity index (χ3n) is 5.75. The van der Waals surface area contributed by atoms with Gasteiger partial charge in [0.1, 0.15) is 11.6 Å². The minimum absolute atomic E-state index is 0.239. The van der Waals surface area contributed by atoms with Crippen molar-refractivity contribution in [3.8, 4) is 5.75 Å². The van der Waals surface area contributed by atoms with Gasteiger partial charge >= 0.3 is 0 Å². The summed E-state index contributed by atoms with van der Waals surface area (Å²) in [5.74, 6) is 0.470. The van der Waals surface area contributed by atoms with E-state index in [0.29, 0.717) is 34.6 Å². The van der Waals surface area contributed by atoms with Gasteiger partial charge in [0.15, 0.2) is 0 Å². The van der Waals surface area contributed by atoms with E-state index < -0.39 is 5.91 Å². The van der Waals surface area contributed by atoms with Gasteiger partial charge in [-0.15, -0.1) is 0 Å². The molecule has 9 nitrogen and oxygen atoms in total. The molecule has 33 heavy (non-hydrogen) atoms. The summed E-state index contributed by atoms with van der Waals surface area (Å²) in [6, 6.07) is 10.9. The van der Waals surface area contributed by atoms with Crippen LogP contribution in [0, 0.1) is 6.92 Å². The normalized spacial score (nSPS) is 12.3. The summed E-state index contributed by atoms with van der Waals surface area (Å²) in [4.78, 5) is 29.7. The summed E-state index contributed by atoms with van der Waals surface area (Å²) in [6.07, 6.45) is 3.83. The summed E-state index contributed by atoms with van der Waals surface area (Å²) in [5.41, 5.74) is 10.2. The number of anilines is 3. The predicted molar refractivity (Wildman–Crippen MR) is 125 cm³/mol. The van der Waals surface area contributed by atoms with Crippen LogP contribution in [-0.2, 0) is 13.5 Å². The van der Waals surface area contributed by atoms with E-state index in [4.69, 9.17) is 10.5 Å². The molecule has 0 atom stereocenters. The van der Waals surface area contributed by atoms with Gasteiger partial charge in [-0.05, 0) is 36.8 Å². The monoisotopic (exact) mass is 442 g/mol. The van der Waals surface area contributed by atoms with Gasteiger partial charge in [-0.3, -0.25) is 19.3 Å². The number of nitrogens with two attached hydrogens (primary N) is 1. The molecule has 5 rings (SSSR count). The van der Waals surface area contributed by atoms with Crippen molar-refractivity contribution in [3.05, 3.63) is 71.0 Å². The zero-order valence-electron chi connectivity index (χ0n) is 18.2. The topological polar surface area (TPSA) is 124 Å². The number of aryl methyl sites for hydroxylation is 2. The van der Waals surface area contributed by atoms with Gasteiger partial charge in [0, 0.05) is 47.9 Å². The number of primary amides is 1. The van der Waals surface area contributed by atoms with Crippen molar-refractivity contribution >= 4 is 39.9 Å². The Hall–Kier alpha value is -4.40. The largest absolute Gasteiger partial charge is 0.493 e. The first-order valence-electron chi connectivity index (χ1n) is 10.5. The fraction of sp³-hybridized carbons (Fsp3) is 0.167. The van der Waals surface area contributed by atoms with E-state index in [2.05, 4.69) is 20.7 Å². The van der Waals surface area contributed by atoms with Crippen LogP contribution in [0.15, 0.2) is 48.8 Å². The lowest BCUT2D eigenvalue weighted by molar-refractivity contribution is 0.0998. The molecule has 4 aromatic rings. The number of fused-ring (bicyclic) bond motifs is 2. The Morgan fingerprint density at radius 3 is 2.82 bits per heavy atom. The standard InChI is InChI=1S/C24H22N6O3/c1-13-10-14(24(32)29-20-6-8-27-30(20)2)11-16-21(13)26-12-17(23(25)31)22(16)28-18-4-3-5-19-15(18)7-9-33-19/h3-6,8,10-12H,7,9H2,1-2H3,(H2,25,31)(H,26,28)(H,29,32). The molecule has 0 unspecified atom stereocenters. The number of rotatable bonds is 5. The van der Waals surface area contributed by atoms with E-state index in [9.17, 15) is 9.59 Å². The molecule has 0 saturated carbocycles. The van der Waals surface area contributed by atoms with E-state index in [0.717, 1.165) is 29.0 Å².